The number of phenolic OH excluding ortho intramolecular Hbond substituents is 1. The normalized spacial score (nSPS) is 13.1. The predicted molar refractivity (Wildman–Crippen MR) is 84.7 cm³/mol. The van der Waals surface area contributed by atoms with Crippen molar-refractivity contribution >= 4 is 11.9 Å². The molecule has 0 heterocycles. The lowest BCUT2D eigenvalue weighted by Gasteiger charge is -2.18. The lowest BCUT2D eigenvalue weighted by Crippen LogP contribution is -2.45. The van der Waals surface area contributed by atoms with E-state index in [1.54, 1.807) is 0 Å². The molecule has 6 nitrogen and oxygen atoms in total. The number of carboxylic acids is 1. The maximum atomic E-state index is 12.2. The van der Waals surface area contributed by atoms with Crippen LogP contribution in [-0.2, 0) is 16.0 Å². The number of carbonyl (C=O) groups is 2. The van der Waals surface area contributed by atoms with E-state index < -0.39 is 24.0 Å². The standard InChI is InChI=1S/C17H18N2O4/c18-14(10-11-4-2-1-3-5-11)16(21)19-15(17(22)23)12-6-8-13(20)9-7-12/h1-9,14-15,20H,10,18H2,(H,19,21)(H,22,23)/t14-,15?/m0/s1. The highest BCUT2D eigenvalue weighted by molar-refractivity contribution is 5.87. The number of carbonyl (C=O) groups excluding carboxylic acids is 1. The number of benzene rings is 2. The SMILES string of the molecule is N[C@@H](Cc1ccccc1)C(=O)NC(C(=O)O)c1ccc(O)cc1. The summed E-state index contributed by atoms with van der Waals surface area (Å²) in [5.74, 6) is -1.73. The minimum atomic E-state index is -1.22. The molecule has 0 aliphatic carbocycles. The van der Waals surface area contributed by atoms with Gasteiger partial charge in [-0.2, -0.15) is 0 Å². The van der Waals surface area contributed by atoms with E-state index in [-0.39, 0.29) is 5.75 Å². The molecule has 2 aromatic carbocycles. The molecule has 0 bridgehead atoms. The van der Waals surface area contributed by atoms with Crippen molar-refractivity contribution in [1.82, 2.24) is 5.32 Å². The van der Waals surface area contributed by atoms with E-state index in [0.717, 1.165) is 5.56 Å². The average molecular weight is 314 g/mol. The van der Waals surface area contributed by atoms with E-state index in [9.17, 15) is 19.8 Å². The number of hydrogen-bond donors (Lipinski definition) is 4. The Hall–Kier alpha value is -2.86. The number of aromatic hydroxyl groups is 1. The van der Waals surface area contributed by atoms with Crippen molar-refractivity contribution in [3.63, 3.8) is 0 Å². The summed E-state index contributed by atoms with van der Waals surface area (Å²) < 4.78 is 0. The molecule has 2 rings (SSSR count). The van der Waals surface area contributed by atoms with Crippen LogP contribution in [0.1, 0.15) is 17.2 Å². The summed E-state index contributed by atoms with van der Waals surface area (Å²) in [6, 6.07) is 12.8. The average Bonchev–Trinajstić information content (AvgIpc) is 2.54. The Balaban J connectivity index is 2.06. The molecule has 1 amide bonds. The molecule has 0 radical (unpaired) electrons. The molecule has 0 fully saturated rings. The molecule has 2 atom stereocenters. The second-order valence-corrected chi connectivity index (χ2v) is 5.17. The van der Waals surface area contributed by atoms with Crippen LogP contribution in [0.5, 0.6) is 5.75 Å². The number of hydrogen-bond acceptors (Lipinski definition) is 4. The molecule has 0 aromatic heterocycles. The molecular weight excluding hydrogens is 296 g/mol. The summed E-state index contributed by atoms with van der Waals surface area (Å²) in [6.07, 6.45) is 0.314. The number of amides is 1. The van der Waals surface area contributed by atoms with Crippen molar-refractivity contribution in [2.24, 2.45) is 5.73 Å². The highest BCUT2D eigenvalue weighted by Crippen LogP contribution is 2.17. The van der Waals surface area contributed by atoms with E-state index >= 15 is 0 Å². The summed E-state index contributed by atoms with van der Waals surface area (Å²) in [4.78, 5) is 23.5. The molecule has 0 saturated heterocycles. The van der Waals surface area contributed by atoms with Crippen molar-refractivity contribution in [3.8, 4) is 5.75 Å². The smallest absolute Gasteiger partial charge is 0.330 e. The van der Waals surface area contributed by atoms with E-state index in [0.29, 0.717) is 12.0 Å². The van der Waals surface area contributed by atoms with Crippen molar-refractivity contribution in [3.05, 3.63) is 65.7 Å². The predicted octanol–water partition coefficient (Wildman–Crippen LogP) is 1.20. The first-order valence-corrected chi connectivity index (χ1v) is 7.09. The molecule has 120 valence electrons. The number of aliphatic carboxylic acids is 1. The van der Waals surface area contributed by atoms with E-state index in [1.807, 2.05) is 30.3 Å². The maximum absolute atomic E-state index is 12.2. The topological polar surface area (TPSA) is 113 Å². The van der Waals surface area contributed by atoms with Gasteiger partial charge in [0.1, 0.15) is 5.75 Å². The second-order valence-electron chi connectivity index (χ2n) is 5.17. The number of nitrogens with two attached hydrogens (primary N) is 1. The number of phenols is 1. The van der Waals surface area contributed by atoms with E-state index in [2.05, 4.69) is 5.32 Å². The van der Waals surface area contributed by atoms with E-state index in [4.69, 9.17) is 5.73 Å². The van der Waals surface area contributed by atoms with Gasteiger partial charge in [0.15, 0.2) is 6.04 Å². The van der Waals surface area contributed by atoms with Gasteiger partial charge in [0.25, 0.3) is 0 Å². The highest BCUT2D eigenvalue weighted by Gasteiger charge is 2.25. The van der Waals surface area contributed by atoms with Crippen molar-refractivity contribution in [1.29, 1.82) is 0 Å². The first-order valence-electron chi connectivity index (χ1n) is 7.09. The first kappa shape index (κ1) is 16.5. The Kier molecular flexibility index (Phi) is 5.32. The van der Waals surface area contributed by atoms with Gasteiger partial charge in [-0.25, -0.2) is 4.79 Å². The number of nitrogens with one attached hydrogen (secondary N) is 1. The van der Waals surface area contributed by atoms with Crippen molar-refractivity contribution in [2.75, 3.05) is 0 Å². The Morgan fingerprint density at radius 3 is 2.22 bits per heavy atom. The molecule has 0 aliphatic heterocycles. The third-order valence-electron chi connectivity index (χ3n) is 3.40. The Bertz CT molecular complexity index is 671. The van der Waals surface area contributed by atoms with Crippen LogP contribution in [0.2, 0.25) is 0 Å². The summed E-state index contributed by atoms with van der Waals surface area (Å²) in [7, 11) is 0. The third-order valence-corrected chi connectivity index (χ3v) is 3.40. The number of carboxylic acid groups (broad SMARTS) is 1. The monoisotopic (exact) mass is 314 g/mol. The molecule has 5 N–H and O–H groups in total. The molecular formula is C17H18N2O4. The summed E-state index contributed by atoms with van der Waals surface area (Å²) in [5.41, 5.74) is 7.11. The minimum absolute atomic E-state index is 0.0185. The zero-order chi connectivity index (χ0) is 16.8. The van der Waals surface area contributed by atoms with Gasteiger partial charge in [0, 0.05) is 0 Å². The van der Waals surface area contributed by atoms with Crippen molar-refractivity contribution in [2.45, 2.75) is 18.5 Å². The molecule has 1 unspecified atom stereocenters. The lowest BCUT2D eigenvalue weighted by atomic mass is 10.0. The van der Waals surface area contributed by atoms with Crippen LogP contribution in [-0.4, -0.2) is 28.1 Å². The van der Waals surface area contributed by atoms with Crippen LogP contribution >= 0.6 is 0 Å². The quantitative estimate of drug-likeness (QED) is 0.640. The highest BCUT2D eigenvalue weighted by atomic mass is 16.4. The first-order chi connectivity index (χ1) is 11.0. The zero-order valence-electron chi connectivity index (χ0n) is 12.3. The molecule has 0 saturated carbocycles. The minimum Gasteiger partial charge on any atom is -0.508 e. The zero-order valence-corrected chi connectivity index (χ0v) is 12.3. The van der Waals surface area contributed by atoms with E-state index in [1.165, 1.54) is 24.3 Å². The van der Waals surface area contributed by atoms with Gasteiger partial charge in [0.05, 0.1) is 6.04 Å². The van der Waals surface area contributed by atoms with Gasteiger partial charge in [-0.05, 0) is 29.7 Å². The van der Waals surface area contributed by atoms with Crippen LogP contribution in [0.15, 0.2) is 54.6 Å². The van der Waals surface area contributed by atoms with Crippen LogP contribution in [0, 0.1) is 0 Å². The fraction of sp³-hybridized carbons (Fsp3) is 0.176. The lowest BCUT2D eigenvalue weighted by molar-refractivity contribution is -0.142. The van der Waals surface area contributed by atoms with Crippen LogP contribution in [0.3, 0.4) is 0 Å². The molecule has 6 heteroatoms. The molecule has 2 aromatic rings. The number of rotatable bonds is 6. The second kappa shape index (κ2) is 7.42. The summed E-state index contributed by atoms with van der Waals surface area (Å²) in [5, 5.41) is 21.0. The maximum Gasteiger partial charge on any atom is 0.330 e. The summed E-state index contributed by atoms with van der Waals surface area (Å²) >= 11 is 0. The van der Waals surface area contributed by atoms with Crippen LogP contribution in [0.4, 0.5) is 0 Å². The fourth-order valence-electron chi connectivity index (χ4n) is 2.16. The molecule has 0 aliphatic rings. The largest absolute Gasteiger partial charge is 0.508 e. The van der Waals surface area contributed by atoms with Gasteiger partial charge in [-0.3, -0.25) is 4.79 Å². The fourth-order valence-corrected chi connectivity index (χ4v) is 2.16. The van der Waals surface area contributed by atoms with Crippen molar-refractivity contribution < 1.29 is 19.8 Å². The Labute approximate surface area is 133 Å². The van der Waals surface area contributed by atoms with Crippen LogP contribution in [0.25, 0.3) is 0 Å². The molecule has 23 heavy (non-hydrogen) atoms. The van der Waals surface area contributed by atoms with Gasteiger partial charge < -0.3 is 21.3 Å². The van der Waals surface area contributed by atoms with Gasteiger partial charge in [0.2, 0.25) is 5.91 Å². The Morgan fingerprint density at radius 2 is 1.65 bits per heavy atom. The van der Waals surface area contributed by atoms with Crippen LogP contribution < -0.4 is 11.1 Å². The van der Waals surface area contributed by atoms with Gasteiger partial charge in [-0.1, -0.05) is 42.5 Å². The summed E-state index contributed by atoms with van der Waals surface area (Å²) in [6.45, 7) is 0. The Morgan fingerprint density at radius 1 is 1.04 bits per heavy atom. The van der Waals surface area contributed by atoms with Gasteiger partial charge >= 0.3 is 5.97 Å². The molecule has 0 spiro atoms. The van der Waals surface area contributed by atoms with Gasteiger partial charge in [-0.15, -0.1) is 0 Å². The third kappa shape index (κ3) is 4.55.